The maximum Gasteiger partial charge on any atom is 0.393 e. The first-order chi connectivity index (χ1) is 17.1. The minimum absolute atomic E-state index is 0.0769. The van der Waals surface area contributed by atoms with Crippen molar-refractivity contribution in [3.63, 3.8) is 0 Å². The van der Waals surface area contributed by atoms with Crippen LogP contribution in [0.5, 0.6) is 0 Å². The van der Waals surface area contributed by atoms with Crippen LogP contribution in [0.15, 0.2) is 53.4 Å². The molecule has 1 aliphatic heterocycles. The van der Waals surface area contributed by atoms with Crippen molar-refractivity contribution < 1.29 is 21.6 Å². The Morgan fingerprint density at radius 1 is 1.08 bits per heavy atom. The summed E-state index contributed by atoms with van der Waals surface area (Å²) in [5, 5.41) is 4.06. The largest absolute Gasteiger partial charge is 0.393 e. The molecule has 3 aromatic rings. The van der Waals surface area contributed by atoms with Crippen LogP contribution in [0.4, 0.5) is 18.9 Å². The van der Waals surface area contributed by atoms with Gasteiger partial charge in [0, 0.05) is 6.04 Å². The van der Waals surface area contributed by atoms with Crippen LogP contribution in [0.1, 0.15) is 23.3 Å². The number of sulfonamides is 1. The summed E-state index contributed by atoms with van der Waals surface area (Å²) in [6.45, 7) is 1.86. The van der Waals surface area contributed by atoms with Crippen molar-refractivity contribution in [3.8, 4) is 11.8 Å². The molecule has 1 aromatic heterocycles. The van der Waals surface area contributed by atoms with E-state index >= 15 is 0 Å². The normalized spacial score (nSPS) is 15.6. The highest BCUT2D eigenvalue weighted by molar-refractivity contribution is 7.89. The van der Waals surface area contributed by atoms with E-state index in [0.717, 1.165) is 36.3 Å². The van der Waals surface area contributed by atoms with Crippen LogP contribution < -0.4 is 15.6 Å². The van der Waals surface area contributed by atoms with Gasteiger partial charge in [-0.25, -0.2) is 13.8 Å². The van der Waals surface area contributed by atoms with Gasteiger partial charge in [-0.05, 0) is 62.1 Å². The predicted octanol–water partition coefficient (Wildman–Crippen LogP) is 4.35. The Hall–Kier alpha value is -2.62. The van der Waals surface area contributed by atoms with Crippen LogP contribution in [0, 0.1) is 11.8 Å². The number of halogens is 3. The number of hydrogen-bond acceptors (Lipinski definition) is 6. The Labute approximate surface area is 212 Å². The molecular formula is C25H27F3N4O2S2. The number of fused-ring (bicyclic) bond motifs is 1. The number of hydrazine groups is 1. The van der Waals surface area contributed by atoms with E-state index in [0.29, 0.717) is 10.3 Å². The molecule has 2 aromatic carbocycles. The average molecular weight is 537 g/mol. The number of hydrogen-bond donors (Lipinski definition) is 3. The van der Waals surface area contributed by atoms with Gasteiger partial charge in [0.05, 0.1) is 33.1 Å². The smallest absolute Gasteiger partial charge is 0.381 e. The molecule has 0 radical (unpaired) electrons. The third-order valence-corrected chi connectivity index (χ3v) is 8.41. The number of thiophene rings is 1. The Balaban J connectivity index is 1.53. The first-order valence-electron chi connectivity index (χ1n) is 11.5. The number of likely N-dealkylation sites (tertiary alicyclic amines) is 1. The molecule has 1 aliphatic rings. The standard InChI is InChI=1S/C25H27F3N4O2S2/c1-32-15-12-18(13-16-32)30-22-10-5-9-20-21(17-25(26,27)28)23(35-24(20)22)11-6-14-29-31-36(33,34)19-7-3-2-4-8-19/h2-5,7-10,18,29-31H,12-17H2,1H3. The lowest BCUT2D eigenvalue weighted by atomic mass is 10.0. The zero-order chi connectivity index (χ0) is 25.8. The van der Waals surface area contributed by atoms with E-state index < -0.39 is 22.6 Å². The summed E-state index contributed by atoms with van der Waals surface area (Å²) in [6.07, 6.45) is -3.54. The number of anilines is 1. The summed E-state index contributed by atoms with van der Waals surface area (Å²) in [6, 6.07) is 13.4. The molecule has 0 spiro atoms. The van der Waals surface area contributed by atoms with Crippen molar-refractivity contribution in [2.45, 2.75) is 36.4 Å². The van der Waals surface area contributed by atoms with Crippen molar-refractivity contribution in [2.24, 2.45) is 0 Å². The Morgan fingerprint density at radius 3 is 2.50 bits per heavy atom. The number of nitrogens with one attached hydrogen (secondary N) is 3. The monoisotopic (exact) mass is 536 g/mol. The summed E-state index contributed by atoms with van der Waals surface area (Å²) >= 11 is 1.23. The Kier molecular flexibility index (Phi) is 8.22. The van der Waals surface area contributed by atoms with Gasteiger partial charge in [0.1, 0.15) is 0 Å². The number of benzene rings is 2. The lowest BCUT2D eigenvalue weighted by Crippen LogP contribution is -2.37. The Bertz CT molecular complexity index is 1350. The molecule has 2 heterocycles. The first-order valence-corrected chi connectivity index (χ1v) is 13.8. The fraction of sp³-hybridized carbons (Fsp3) is 0.360. The van der Waals surface area contributed by atoms with Crippen LogP contribution in [-0.2, 0) is 16.4 Å². The summed E-state index contributed by atoms with van der Waals surface area (Å²) in [7, 11) is -1.69. The highest BCUT2D eigenvalue weighted by Gasteiger charge is 2.31. The molecule has 6 nitrogen and oxygen atoms in total. The van der Waals surface area contributed by atoms with Gasteiger partial charge in [-0.15, -0.1) is 16.2 Å². The molecule has 0 unspecified atom stereocenters. The highest BCUT2D eigenvalue weighted by atomic mass is 32.2. The molecule has 0 atom stereocenters. The minimum atomic E-state index is -4.38. The van der Waals surface area contributed by atoms with Crippen LogP contribution >= 0.6 is 11.3 Å². The molecule has 1 saturated heterocycles. The van der Waals surface area contributed by atoms with Gasteiger partial charge in [0.25, 0.3) is 10.0 Å². The second-order valence-electron chi connectivity index (χ2n) is 8.68. The highest BCUT2D eigenvalue weighted by Crippen LogP contribution is 2.39. The summed E-state index contributed by atoms with van der Waals surface area (Å²) < 4.78 is 65.5. The van der Waals surface area contributed by atoms with Crippen LogP contribution in [-0.4, -0.2) is 52.2 Å². The van der Waals surface area contributed by atoms with Gasteiger partial charge in [-0.1, -0.05) is 42.2 Å². The molecule has 4 rings (SSSR count). The molecule has 192 valence electrons. The van der Waals surface area contributed by atoms with Gasteiger partial charge in [-0.3, -0.25) is 0 Å². The lowest BCUT2D eigenvalue weighted by Gasteiger charge is -2.30. The molecule has 0 bridgehead atoms. The summed E-state index contributed by atoms with van der Waals surface area (Å²) in [4.78, 5) is 4.90. The quantitative estimate of drug-likeness (QED) is 0.238. The summed E-state index contributed by atoms with van der Waals surface area (Å²) in [5.74, 6) is 5.57. The van der Waals surface area contributed by atoms with E-state index in [4.69, 9.17) is 0 Å². The minimum Gasteiger partial charge on any atom is -0.381 e. The van der Waals surface area contributed by atoms with Gasteiger partial charge in [0.2, 0.25) is 0 Å². The third-order valence-electron chi connectivity index (χ3n) is 5.91. The van der Waals surface area contributed by atoms with Crippen molar-refractivity contribution in [1.29, 1.82) is 0 Å². The van der Waals surface area contributed by atoms with Crippen molar-refractivity contribution in [3.05, 3.63) is 59.0 Å². The molecule has 36 heavy (non-hydrogen) atoms. The van der Waals surface area contributed by atoms with E-state index in [1.54, 1.807) is 30.3 Å². The summed E-state index contributed by atoms with van der Waals surface area (Å²) in [5.41, 5.74) is 3.48. The second-order valence-corrected chi connectivity index (χ2v) is 11.4. The molecule has 1 fully saturated rings. The molecule has 11 heteroatoms. The number of nitrogens with zero attached hydrogens (tertiary/aromatic N) is 1. The number of alkyl halides is 3. The van der Waals surface area contributed by atoms with Crippen molar-refractivity contribution in [2.75, 3.05) is 32.0 Å². The van der Waals surface area contributed by atoms with Gasteiger partial charge in [0.15, 0.2) is 0 Å². The number of rotatable bonds is 7. The van der Waals surface area contributed by atoms with E-state index in [2.05, 4.69) is 39.4 Å². The molecule has 3 N–H and O–H groups in total. The topological polar surface area (TPSA) is 73.5 Å². The van der Waals surface area contributed by atoms with Crippen molar-refractivity contribution in [1.82, 2.24) is 15.2 Å². The maximum absolute atomic E-state index is 13.4. The Morgan fingerprint density at radius 2 is 1.81 bits per heavy atom. The number of piperidine rings is 1. The van der Waals surface area contributed by atoms with Crippen LogP contribution in [0.3, 0.4) is 0 Å². The van der Waals surface area contributed by atoms with Gasteiger partial charge < -0.3 is 10.2 Å². The zero-order valence-electron chi connectivity index (χ0n) is 19.7. The second kappa shape index (κ2) is 11.2. The van der Waals surface area contributed by atoms with E-state index in [1.165, 1.54) is 23.5 Å². The van der Waals surface area contributed by atoms with Crippen LogP contribution in [0.25, 0.3) is 10.1 Å². The molecule has 0 saturated carbocycles. The fourth-order valence-corrected chi connectivity index (χ4v) is 6.16. The van der Waals surface area contributed by atoms with E-state index in [9.17, 15) is 21.6 Å². The lowest BCUT2D eigenvalue weighted by molar-refractivity contribution is -0.126. The SMILES string of the molecule is CN1CCC(Nc2cccc3c(CC(F)(F)F)c(C#CCNNS(=O)(=O)c4ccccc4)sc23)CC1. The zero-order valence-corrected chi connectivity index (χ0v) is 21.3. The maximum atomic E-state index is 13.4. The first kappa shape index (κ1) is 26.4. The average Bonchev–Trinajstić information content (AvgIpc) is 3.17. The predicted molar refractivity (Wildman–Crippen MR) is 137 cm³/mol. The van der Waals surface area contributed by atoms with E-state index in [1.807, 2.05) is 6.07 Å². The fourth-order valence-electron chi connectivity index (χ4n) is 4.09. The third kappa shape index (κ3) is 6.78. The van der Waals surface area contributed by atoms with Gasteiger partial charge in [-0.2, -0.15) is 13.2 Å². The van der Waals surface area contributed by atoms with Crippen LogP contribution in [0.2, 0.25) is 0 Å². The van der Waals surface area contributed by atoms with E-state index in [-0.39, 0.29) is 23.0 Å². The molecule has 0 amide bonds. The van der Waals surface area contributed by atoms with Crippen molar-refractivity contribution >= 4 is 37.1 Å². The molecule has 0 aliphatic carbocycles. The van der Waals surface area contributed by atoms with Gasteiger partial charge >= 0.3 is 6.18 Å². The molecular weight excluding hydrogens is 509 g/mol.